The number of piperazine rings is 1. The van der Waals surface area contributed by atoms with Gasteiger partial charge in [-0.2, -0.15) is 13.2 Å². The maximum atomic E-state index is 13.6. The maximum absolute atomic E-state index is 13.6. The molecule has 5 rings (SSSR count). The molecule has 180 valence electrons. The van der Waals surface area contributed by atoms with Gasteiger partial charge in [-0.1, -0.05) is 54.6 Å². The zero-order chi connectivity index (χ0) is 25.0. The van der Waals surface area contributed by atoms with Crippen molar-refractivity contribution in [2.24, 2.45) is 0 Å². The summed E-state index contributed by atoms with van der Waals surface area (Å²) in [5.41, 5.74) is -2.88. The zero-order valence-corrected chi connectivity index (χ0v) is 18.8. The number of rotatable bonds is 3. The Morgan fingerprint density at radius 2 is 1.63 bits per heavy atom. The van der Waals surface area contributed by atoms with Crippen LogP contribution in [0.3, 0.4) is 0 Å². The van der Waals surface area contributed by atoms with Crippen molar-refractivity contribution in [3.05, 3.63) is 95.6 Å². The van der Waals surface area contributed by atoms with Gasteiger partial charge in [0.2, 0.25) is 0 Å². The molecule has 1 fully saturated rings. The monoisotopic (exact) mass is 482 g/mol. The summed E-state index contributed by atoms with van der Waals surface area (Å²) in [6.07, 6.45) is -4.53. The summed E-state index contributed by atoms with van der Waals surface area (Å²) in [5, 5.41) is 2.83. The highest BCUT2D eigenvalue weighted by molar-refractivity contribution is 6.00. The summed E-state index contributed by atoms with van der Waals surface area (Å²) in [6.45, 7) is 1.56. The van der Waals surface area contributed by atoms with Crippen molar-refractivity contribution in [2.45, 2.75) is 30.4 Å². The number of esters is 1. The first-order chi connectivity index (χ1) is 16.6. The van der Waals surface area contributed by atoms with Gasteiger partial charge in [0, 0.05) is 6.92 Å². The van der Waals surface area contributed by atoms with E-state index in [1.165, 1.54) is 19.2 Å². The zero-order valence-electron chi connectivity index (χ0n) is 18.8. The van der Waals surface area contributed by atoms with Crippen molar-refractivity contribution in [1.29, 1.82) is 0 Å². The third kappa shape index (κ3) is 3.25. The number of carbonyl (C=O) groups excluding carboxylic acids is 2. The van der Waals surface area contributed by atoms with E-state index in [0.717, 1.165) is 12.1 Å². The normalized spacial score (nSPS) is 25.2. The highest BCUT2D eigenvalue weighted by atomic mass is 19.4. The SMILES string of the molecule is COC(=O)[C@@]1(c2ccccc2)NC(=O)[C@@]2(C)Oc3ccccc3N2[C@H]1c1ccc(C(F)(F)F)cc1. The van der Waals surface area contributed by atoms with Gasteiger partial charge in [0.05, 0.1) is 24.4 Å². The van der Waals surface area contributed by atoms with Gasteiger partial charge in [-0.15, -0.1) is 0 Å². The van der Waals surface area contributed by atoms with Crippen LogP contribution < -0.4 is 15.0 Å². The molecule has 6 nitrogen and oxygen atoms in total. The van der Waals surface area contributed by atoms with Gasteiger partial charge < -0.3 is 19.7 Å². The molecule has 0 unspecified atom stereocenters. The summed E-state index contributed by atoms with van der Waals surface area (Å²) >= 11 is 0. The van der Waals surface area contributed by atoms with E-state index >= 15 is 0 Å². The molecule has 0 aliphatic carbocycles. The molecular weight excluding hydrogens is 461 g/mol. The van der Waals surface area contributed by atoms with Gasteiger partial charge in [-0.05, 0) is 35.4 Å². The van der Waals surface area contributed by atoms with E-state index in [1.54, 1.807) is 66.4 Å². The second kappa shape index (κ2) is 7.76. The quantitative estimate of drug-likeness (QED) is 0.555. The van der Waals surface area contributed by atoms with Crippen molar-refractivity contribution < 1.29 is 32.2 Å². The summed E-state index contributed by atoms with van der Waals surface area (Å²) in [7, 11) is 1.20. The van der Waals surface area contributed by atoms with Crippen LogP contribution in [0.2, 0.25) is 0 Å². The molecule has 0 bridgehead atoms. The fourth-order valence-corrected chi connectivity index (χ4v) is 4.96. The lowest BCUT2D eigenvalue weighted by Crippen LogP contribution is -2.74. The van der Waals surface area contributed by atoms with Crippen LogP contribution in [-0.2, 0) is 26.0 Å². The number of hydrogen-bond donors (Lipinski definition) is 1. The number of nitrogens with zero attached hydrogens (tertiary/aromatic N) is 1. The number of carbonyl (C=O) groups is 2. The molecule has 1 amide bonds. The Bertz CT molecular complexity index is 1300. The molecule has 0 saturated carbocycles. The number of fused-ring (bicyclic) bond motifs is 3. The van der Waals surface area contributed by atoms with Crippen LogP contribution in [0.4, 0.5) is 18.9 Å². The number of ether oxygens (including phenoxy) is 2. The average molecular weight is 482 g/mol. The summed E-state index contributed by atoms with van der Waals surface area (Å²) in [4.78, 5) is 28.8. The van der Waals surface area contributed by atoms with Crippen molar-refractivity contribution in [1.82, 2.24) is 5.32 Å². The van der Waals surface area contributed by atoms with E-state index in [2.05, 4.69) is 5.32 Å². The Hall–Kier alpha value is -4.01. The molecule has 35 heavy (non-hydrogen) atoms. The highest BCUT2D eigenvalue weighted by Gasteiger charge is 2.66. The lowest BCUT2D eigenvalue weighted by atomic mass is 9.74. The summed E-state index contributed by atoms with van der Waals surface area (Å²) in [6, 6.07) is 19.0. The van der Waals surface area contributed by atoms with Gasteiger partial charge in [-0.3, -0.25) is 4.79 Å². The number of nitrogens with one attached hydrogen (secondary N) is 1. The van der Waals surface area contributed by atoms with Crippen LogP contribution in [-0.4, -0.2) is 24.7 Å². The number of anilines is 1. The van der Waals surface area contributed by atoms with Crippen LogP contribution in [0, 0.1) is 0 Å². The van der Waals surface area contributed by atoms with Gasteiger partial charge in [0.15, 0.2) is 5.54 Å². The number of hydrogen-bond acceptors (Lipinski definition) is 5. The maximum Gasteiger partial charge on any atom is 0.416 e. The smallest absolute Gasteiger partial charge is 0.416 e. The average Bonchev–Trinajstić information content (AvgIpc) is 3.17. The van der Waals surface area contributed by atoms with E-state index < -0.39 is 40.9 Å². The minimum absolute atomic E-state index is 0.360. The Kier molecular flexibility index (Phi) is 5.05. The lowest BCUT2D eigenvalue weighted by molar-refractivity contribution is -0.160. The second-order valence-electron chi connectivity index (χ2n) is 8.56. The van der Waals surface area contributed by atoms with E-state index in [0.29, 0.717) is 22.6 Å². The van der Waals surface area contributed by atoms with Crippen LogP contribution in [0.1, 0.15) is 29.7 Å². The summed E-state index contributed by atoms with van der Waals surface area (Å²) in [5.74, 6) is -0.949. The van der Waals surface area contributed by atoms with Gasteiger partial charge >= 0.3 is 12.1 Å². The van der Waals surface area contributed by atoms with Crippen molar-refractivity contribution in [3.63, 3.8) is 0 Å². The minimum atomic E-state index is -4.53. The molecule has 3 aromatic carbocycles. The van der Waals surface area contributed by atoms with Crippen molar-refractivity contribution in [2.75, 3.05) is 12.0 Å². The van der Waals surface area contributed by atoms with E-state index in [1.807, 2.05) is 0 Å². The molecule has 0 radical (unpaired) electrons. The molecule has 0 spiro atoms. The molecule has 1 N–H and O–H groups in total. The Labute approximate surface area is 199 Å². The fourth-order valence-electron chi connectivity index (χ4n) is 4.96. The lowest BCUT2D eigenvalue weighted by Gasteiger charge is -2.53. The number of para-hydroxylation sites is 2. The first-order valence-corrected chi connectivity index (χ1v) is 10.8. The molecule has 1 saturated heterocycles. The molecular formula is C26H21F3N2O4. The molecule has 9 heteroatoms. The Morgan fingerprint density at radius 1 is 1.00 bits per heavy atom. The van der Waals surface area contributed by atoms with E-state index in [-0.39, 0.29) is 0 Å². The fraction of sp³-hybridized carbons (Fsp3) is 0.231. The second-order valence-corrected chi connectivity index (χ2v) is 8.56. The molecule has 0 aromatic heterocycles. The van der Waals surface area contributed by atoms with Crippen molar-refractivity contribution in [3.8, 4) is 5.75 Å². The van der Waals surface area contributed by atoms with Crippen LogP contribution >= 0.6 is 0 Å². The largest absolute Gasteiger partial charge is 0.467 e. The third-order valence-electron chi connectivity index (χ3n) is 6.58. The molecule has 3 aromatic rings. The summed E-state index contributed by atoms with van der Waals surface area (Å²) < 4.78 is 51.2. The van der Waals surface area contributed by atoms with Gasteiger partial charge in [0.1, 0.15) is 5.75 Å². The minimum Gasteiger partial charge on any atom is -0.467 e. The standard InChI is InChI=1S/C26H21F3N2O4/c1-24-22(32)30-25(23(33)34-2,17-8-4-3-5-9-17)21(16-12-14-18(15-13-16)26(27,28)29)31(24)19-10-6-7-11-20(19)35-24/h3-15,21H,1-2H3,(H,30,32)/t21-,24+,25-/m0/s1. The number of benzene rings is 3. The first-order valence-electron chi connectivity index (χ1n) is 10.8. The Balaban J connectivity index is 1.82. The van der Waals surface area contributed by atoms with Crippen LogP contribution in [0.15, 0.2) is 78.9 Å². The predicted molar refractivity (Wildman–Crippen MR) is 120 cm³/mol. The predicted octanol–water partition coefficient (Wildman–Crippen LogP) is 4.56. The molecule has 2 aliphatic heterocycles. The highest BCUT2D eigenvalue weighted by Crippen LogP contribution is 2.55. The van der Waals surface area contributed by atoms with Gasteiger partial charge in [-0.25, -0.2) is 4.79 Å². The molecule has 2 heterocycles. The van der Waals surface area contributed by atoms with Crippen molar-refractivity contribution >= 4 is 17.6 Å². The number of amides is 1. The van der Waals surface area contributed by atoms with Gasteiger partial charge in [0.25, 0.3) is 11.6 Å². The number of methoxy groups -OCH3 is 1. The van der Waals surface area contributed by atoms with E-state index in [4.69, 9.17) is 9.47 Å². The molecule has 3 atom stereocenters. The van der Waals surface area contributed by atoms with Crippen LogP contribution in [0.25, 0.3) is 0 Å². The van der Waals surface area contributed by atoms with E-state index in [9.17, 15) is 22.8 Å². The first kappa shape index (κ1) is 22.8. The van der Waals surface area contributed by atoms with Crippen LogP contribution in [0.5, 0.6) is 5.75 Å². The third-order valence-corrected chi connectivity index (χ3v) is 6.58. The topological polar surface area (TPSA) is 67.9 Å². The number of halogens is 3. The Morgan fingerprint density at radius 3 is 2.26 bits per heavy atom. The number of alkyl halides is 3. The molecule has 2 aliphatic rings.